The molecule has 0 atom stereocenters. The Morgan fingerprint density at radius 3 is 3.00 bits per heavy atom. The smallest absolute Gasteiger partial charge is 0.0795 e. The van der Waals surface area contributed by atoms with Crippen LogP contribution in [-0.4, -0.2) is 36.6 Å². The first-order valence-electron chi connectivity index (χ1n) is 6.11. The summed E-state index contributed by atoms with van der Waals surface area (Å²) >= 11 is 1.68. The predicted molar refractivity (Wildman–Crippen MR) is 68.7 cm³/mol. The number of hydrogen-bond acceptors (Lipinski definition) is 4. The van der Waals surface area contributed by atoms with Gasteiger partial charge in [0.2, 0.25) is 0 Å². The van der Waals surface area contributed by atoms with Crippen LogP contribution in [0.4, 0.5) is 0 Å². The van der Waals surface area contributed by atoms with Crippen molar-refractivity contribution in [1.29, 1.82) is 0 Å². The molecular formula is C12H21N3S. The van der Waals surface area contributed by atoms with Crippen LogP contribution < -0.4 is 5.32 Å². The van der Waals surface area contributed by atoms with E-state index in [2.05, 4.69) is 27.6 Å². The van der Waals surface area contributed by atoms with Crippen LogP contribution >= 0.6 is 11.3 Å². The molecule has 1 fully saturated rings. The van der Waals surface area contributed by atoms with E-state index in [1.54, 1.807) is 11.3 Å². The van der Waals surface area contributed by atoms with Gasteiger partial charge in [0, 0.05) is 11.9 Å². The van der Waals surface area contributed by atoms with Gasteiger partial charge in [-0.2, -0.15) is 0 Å². The monoisotopic (exact) mass is 239 g/mol. The Kier molecular flexibility index (Phi) is 4.75. The van der Waals surface area contributed by atoms with Crippen molar-refractivity contribution in [3.8, 4) is 0 Å². The third-order valence-electron chi connectivity index (χ3n) is 3.29. The summed E-state index contributed by atoms with van der Waals surface area (Å²) in [7, 11) is 2.19. The Morgan fingerprint density at radius 1 is 1.50 bits per heavy atom. The van der Waals surface area contributed by atoms with Crippen molar-refractivity contribution < 1.29 is 0 Å². The van der Waals surface area contributed by atoms with Crippen molar-refractivity contribution in [2.24, 2.45) is 5.92 Å². The lowest BCUT2D eigenvalue weighted by molar-refractivity contribution is 0.264. The largest absolute Gasteiger partial charge is 0.317 e. The molecule has 0 bridgehead atoms. The molecule has 0 amide bonds. The summed E-state index contributed by atoms with van der Waals surface area (Å²) in [6, 6.07) is 0. The summed E-state index contributed by atoms with van der Waals surface area (Å²) in [5.74, 6) is 0.930. The van der Waals surface area contributed by atoms with E-state index >= 15 is 0 Å². The van der Waals surface area contributed by atoms with Crippen LogP contribution in [0.3, 0.4) is 0 Å². The molecule has 0 radical (unpaired) electrons. The van der Waals surface area contributed by atoms with Crippen molar-refractivity contribution in [3.05, 3.63) is 16.6 Å². The van der Waals surface area contributed by atoms with E-state index < -0.39 is 0 Å². The molecule has 3 nitrogen and oxygen atoms in total. The molecule has 1 aromatic rings. The minimum Gasteiger partial charge on any atom is -0.317 e. The fourth-order valence-electron chi connectivity index (χ4n) is 2.24. The average molecular weight is 239 g/mol. The van der Waals surface area contributed by atoms with Crippen LogP contribution in [-0.2, 0) is 6.54 Å². The van der Waals surface area contributed by atoms with Gasteiger partial charge in [0.25, 0.3) is 0 Å². The van der Waals surface area contributed by atoms with Crippen LogP contribution in [0.2, 0.25) is 0 Å². The lowest BCUT2D eigenvalue weighted by atomic mass is 9.94. The van der Waals surface area contributed by atoms with Gasteiger partial charge < -0.3 is 10.2 Å². The zero-order valence-corrected chi connectivity index (χ0v) is 10.8. The van der Waals surface area contributed by atoms with Gasteiger partial charge in [-0.3, -0.25) is 0 Å². The first-order chi connectivity index (χ1) is 7.84. The van der Waals surface area contributed by atoms with Crippen LogP contribution in [0.25, 0.3) is 0 Å². The maximum Gasteiger partial charge on any atom is 0.0795 e. The van der Waals surface area contributed by atoms with Crippen LogP contribution in [0.5, 0.6) is 0 Å². The van der Waals surface area contributed by atoms with Gasteiger partial charge in [0.05, 0.1) is 11.2 Å². The van der Waals surface area contributed by atoms with Gasteiger partial charge in [-0.25, -0.2) is 4.98 Å². The Hall–Kier alpha value is -0.450. The molecule has 1 aliphatic rings. The number of nitrogens with one attached hydrogen (secondary N) is 1. The zero-order valence-electron chi connectivity index (χ0n) is 9.98. The lowest BCUT2D eigenvalue weighted by Crippen LogP contribution is -2.30. The van der Waals surface area contributed by atoms with E-state index in [1.165, 1.54) is 44.6 Å². The SMILES string of the molecule is CN(CCC1CCNCC1)Cc1cscn1. The molecule has 1 aromatic heterocycles. The molecule has 1 saturated heterocycles. The first kappa shape index (κ1) is 12.0. The average Bonchev–Trinajstić information content (AvgIpc) is 2.81. The summed E-state index contributed by atoms with van der Waals surface area (Å²) in [4.78, 5) is 6.70. The summed E-state index contributed by atoms with van der Waals surface area (Å²) < 4.78 is 0. The molecule has 90 valence electrons. The molecule has 0 aliphatic carbocycles. The highest BCUT2D eigenvalue weighted by atomic mass is 32.1. The van der Waals surface area contributed by atoms with Gasteiger partial charge >= 0.3 is 0 Å². The molecule has 1 N–H and O–H groups in total. The fourth-order valence-corrected chi connectivity index (χ4v) is 2.79. The van der Waals surface area contributed by atoms with Crippen LogP contribution in [0.15, 0.2) is 10.9 Å². The molecule has 2 heterocycles. The Labute approximate surface area is 102 Å². The number of piperidine rings is 1. The first-order valence-corrected chi connectivity index (χ1v) is 7.05. The fraction of sp³-hybridized carbons (Fsp3) is 0.750. The van der Waals surface area contributed by atoms with Gasteiger partial charge in [0.1, 0.15) is 0 Å². The van der Waals surface area contributed by atoms with Crippen LogP contribution in [0, 0.1) is 5.92 Å². The molecule has 0 unspecified atom stereocenters. The maximum absolute atomic E-state index is 4.32. The second kappa shape index (κ2) is 6.33. The lowest BCUT2D eigenvalue weighted by Gasteiger charge is -2.24. The Morgan fingerprint density at radius 2 is 2.31 bits per heavy atom. The third kappa shape index (κ3) is 3.85. The number of nitrogens with zero attached hydrogens (tertiary/aromatic N) is 2. The third-order valence-corrected chi connectivity index (χ3v) is 3.93. The van der Waals surface area contributed by atoms with Crippen molar-refractivity contribution in [3.63, 3.8) is 0 Å². The standard InChI is InChI=1S/C12H21N3S/c1-15(8-12-9-16-10-14-12)7-4-11-2-5-13-6-3-11/h9-11,13H,2-8H2,1H3. The van der Waals surface area contributed by atoms with E-state index in [0.29, 0.717) is 0 Å². The highest BCUT2D eigenvalue weighted by Gasteiger charge is 2.13. The normalized spacial score (nSPS) is 18.1. The van der Waals surface area contributed by atoms with Crippen molar-refractivity contribution in [2.45, 2.75) is 25.8 Å². The van der Waals surface area contributed by atoms with E-state index in [4.69, 9.17) is 0 Å². The minimum atomic E-state index is 0.930. The number of hydrogen-bond donors (Lipinski definition) is 1. The number of thiazole rings is 1. The molecule has 0 aromatic carbocycles. The number of aromatic nitrogens is 1. The van der Waals surface area contributed by atoms with Gasteiger partial charge in [0.15, 0.2) is 0 Å². The molecule has 16 heavy (non-hydrogen) atoms. The molecule has 0 saturated carbocycles. The molecule has 4 heteroatoms. The topological polar surface area (TPSA) is 28.2 Å². The summed E-state index contributed by atoms with van der Waals surface area (Å²) in [5.41, 5.74) is 3.12. The van der Waals surface area contributed by atoms with Crippen molar-refractivity contribution in [1.82, 2.24) is 15.2 Å². The number of rotatable bonds is 5. The summed E-state index contributed by atoms with van der Waals surface area (Å²) in [6.07, 6.45) is 4.04. The van der Waals surface area contributed by atoms with Crippen LogP contribution in [0.1, 0.15) is 25.0 Å². The van der Waals surface area contributed by atoms with Gasteiger partial charge in [-0.15, -0.1) is 11.3 Å². The van der Waals surface area contributed by atoms with Crippen molar-refractivity contribution >= 4 is 11.3 Å². The molecule has 1 aliphatic heterocycles. The quantitative estimate of drug-likeness (QED) is 0.851. The minimum absolute atomic E-state index is 0.930. The van der Waals surface area contributed by atoms with E-state index in [0.717, 1.165) is 12.5 Å². The summed E-state index contributed by atoms with van der Waals surface area (Å²) in [6.45, 7) is 4.61. The molecular weight excluding hydrogens is 218 g/mol. The highest BCUT2D eigenvalue weighted by Crippen LogP contribution is 2.16. The van der Waals surface area contributed by atoms with Crippen molar-refractivity contribution in [2.75, 3.05) is 26.7 Å². The highest BCUT2D eigenvalue weighted by molar-refractivity contribution is 7.07. The summed E-state index contributed by atoms with van der Waals surface area (Å²) in [5, 5.41) is 5.56. The predicted octanol–water partition coefficient (Wildman–Crippen LogP) is 1.96. The van der Waals surface area contributed by atoms with Gasteiger partial charge in [-0.05, 0) is 51.9 Å². The molecule has 0 spiro atoms. The molecule has 2 rings (SSSR count). The second-order valence-electron chi connectivity index (χ2n) is 4.70. The van der Waals surface area contributed by atoms with Gasteiger partial charge in [-0.1, -0.05) is 0 Å². The maximum atomic E-state index is 4.32. The van der Waals surface area contributed by atoms with E-state index in [9.17, 15) is 0 Å². The zero-order chi connectivity index (χ0) is 11.2. The Bertz CT molecular complexity index is 280. The Balaban J connectivity index is 1.65. The second-order valence-corrected chi connectivity index (χ2v) is 5.42. The van der Waals surface area contributed by atoms with E-state index in [1.807, 2.05) is 5.51 Å². The van der Waals surface area contributed by atoms with E-state index in [-0.39, 0.29) is 0 Å².